The number of aryl methyl sites for hydroxylation is 1. The van der Waals surface area contributed by atoms with E-state index in [1.807, 2.05) is 18.2 Å². The first-order valence-electron chi connectivity index (χ1n) is 10.5. The van der Waals surface area contributed by atoms with Gasteiger partial charge in [0, 0.05) is 51.7 Å². The number of benzene rings is 1. The molecule has 0 saturated heterocycles. The summed E-state index contributed by atoms with van der Waals surface area (Å²) in [7, 11) is 0. The van der Waals surface area contributed by atoms with Crippen molar-refractivity contribution in [2.24, 2.45) is 0 Å². The van der Waals surface area contributed by atoms with Gasteiger partial charge in [-0.25, -0.2) is 4.79 Å². The van der Waals surface area contributed by atoms with Crippen molar-refractivity contribution in [3.63, 3.8) is 0 Å². The maximum atomic E-state index is 12.8. The Kier molecular flexibility index (Phi) is 5.73. The van der Waals surface area contributed by atoms with Crippen molar-refractivity contribution in [3.8, 4) is 11.1 Å². The highest BCUT2D eigenvalue weighted by Crippen LogP contribution is 2.41. The van der Waals surface area contributed by atoms with Gasteiger partial charge in [0.05, 0.1) is 16.8 Å². The number of pyridine rings is 1. The number of fused-ring (bicyclic) bond motifs is 2. The summed E-state index contributed by atoms with van der Waals surface area (Å²) >= 11 is 7.74. The molecule has 5 rings (SSSR count). The van der Waals surface area contributed by atoms with Crippen LogP contribution in [0.1, 0.15) is 16.9 Å². The van der Waals surface area contributed by atoms with Crippen molar-refractivity contribution < 1.29 is 13.2 Å². The Morgan fingerprint density at radius 2 is 1.97 bits per heavy atom. The van der Waals surface area contributed by atoms with E-state index in [1.54, 1.807) is 12.3 Å². The van der Waals surface area contributed by atoms with Crippen molar-refractivity contribution in [2.45, 2.75) is 32.1 Å². The minimum atomic E-state index is -4.58. The number of thiophene rings is 1. The number of nitrogens with zero attached hydrogens (tertiary/aromatic N) is 3. The summed E-state index contributed by atoms with van der Waals surface area (Å²) in [5.41, 5.74) is 2.99. The molecule has 3 aromatic heterocycles. The van der Waals surface area contributed by atoms with E-state index in [0.29, 0.717) is 20.0 Å². The molecule has 0 fully saturated rings. The summed E-state index contributed by atoms with van der Waals surface area (Å²) in [4.78, 5) is 29.9. The van der Waals surface area contributed by atoms with Crippen LogP contribution in [-0.4, -0.2) is 26.8 Å². The lowest BCUT2D eigenvalue weighted by atomic mass is 9.95. The summed E-state index contributed by atoms with van der Waals surface area (Å²) in [5.74, 6) is 0. The fourth-order valence-corrected chi connectivity index (χ4v) is 5.59. The number of alkyl halides is 3. The van der Waals surface area contributed by atoms with Crippen LogP contribution in [0.5, 0.6) is 0 Å². The largest absolute Gasteiger partial charge is 0.406 e. The molecular weight excluding hydrogens is 489 g/mol. The Morgan fingerprint density at radius 1 is 1.15 bits per heavy atom. The molecule has 6 nitrogen and oxygen atoms in total. The van der Waals surface area contributed by atoms with Crippen LogP contribution < -0.4 is 16.6 Å². The van der Waals surface area contributed by atoms with E-state index in [0.717, 1.165) is 63.3 Å². The SMILES string of the molecule is O=c1ccn(CC(F)(F)F)c(=O)n1Cc1cc2nccc(-c3cc(Cl)cc4c3NCCC4)c2s1. The fourth-order valence-electron chi connectivity index (χ4n) is 4.22. The lowest BCUT2D eigenvalue weighted by Crippen LogP contribution is -2.41. The average Bonchev–Trinajstić information content (AvgIpc) is 3.20. The molecule has 0 aliphatic carbocycles. The normalized spacial score (nSPS) is 13.6. The zero-order valence-electron chi connectivity index (χ0n) is 17.7. The quantitative estimate of drug-likeness (QED) is 0.427. The number of nitrogens with one attached hydrogen (secondary N) is 1. The molecule has 0 radical (unpaired) electrons. The van der Waals surface area contributed by atoms with Gasteiger partial charge >= 0.3 is 11.9 Å². The molecule has 11 heteroatoms. The van der Waals surface area contributed by atoms with Gasteiger partial charge in [-0.2, -0.15) is 13.2 Å². The third-order valence-electron chi connectivity index (χ3n) is 5.67. The van der Waals surface area contributed by atoms with Gasteiger partial charge in [-0.3, -0.25) is 18.9 Å². The number of hydrogen-bond donors (Lipinski definition) is 1. The first-order valence-corrected chi connectivity index (χ1v) is 11.7. The number of halogens is 4. The smallest absolute Gasteiger partial charge is 0.384 e. The minimum absolute atomic E-state index is 0.150. The maximum Gasteiger partial charge on any atom is 0.406 e. The maximum absolute atomic E-state index is 12.8. The van der Waals surface area contributed by atoms with Crippen molar-refractivity contribution in [1.82, 2.24) is 14.1 Å². The molecule has 1 aliphatic rings. The van der Waals surface area contributed by atoms with Gasteiger partial charge in [-0.15, -0.1) is 11.3 Å². The molecule has 4 aromatic rings. The van der Waals surface area contributed by atoms with Gasteiger partial charge in [-0.1, -0.05) is 11.6 Å². The Bertz CT molecular complexity index is 1520. The molecule has 1 aliphatic heterocycles. The van der Waals surface area contributed by atoms with Gasteiger partial charge < -0.3 is 5.32 Å². The molecule has 0 unspecified atom stereocenters. The van der Waals surface area contributed by atoms with Crippen LogP contribution in [0, 0.1) is 0 Å². The van der Waals surface area contributed by atoms with Crippen molar-refractivity contribution in [2.75, 3.05) is 11.9 Å². The summed E-state index contributed by atoms with van der Waals surface area (Å²) in [5, 5.41) is 4.08. The summed E-state index contributed by atoms with van der Waals surface area (Å²) in [6.07, 6.45) is -0.100. The minimum Gasteiger partial charge on any atom is -0.384 e. The van der Waals surface area contributed by atoms with Crippen LogP contribution in [0.15, 0.2) is 52.3 Å². The Morgan fingerprint density at radius 3 is 2.76 bits per heavy atom. The van der Waals surface area contributed by atoms with Gasteiger partial charge in [0.15, 0.2) is 0 Å². The van der Waals surface area contributed by atoms with E-state index in [-0.39, 0.29) is 6.54 Å². The summed E-state index contributed by atoms with van der Waals surface area (Å²) < 4.78 is 40.6. The molecule has 0 amide bonds. The predicted molar refractivity (Wildman–Crippen MR) is 127 cm³/mol. The molecule has 34 heavy (non-hydrogen) atoms. The predicted octanol–water partition coefficient (Wildman–Crippen LogP) is 4.91. The zero-order valence-corrected chi connectivity index (χ0v) is 19.2. The number of anilines is 1. The number of aromatic nitrogens is 3. The second kappa shape index (κ2) is 8.59. The topological polar surface area (TPSA) is 68.9 Å². The van der Waals surface area contributed by atoms with Crippen LogP contribution in [0.4, 0.5) is 18.9 Å². The molecule has 0 saturated carbocycles. The van der Waals surface area contributed by atoms with E-state index in [2.05, 4.69) is 10.3 Å². The molecule has 176 valence electrons. The Hall–Kier alpha value is -3.11. The first-order chi connectivity index (χ1) is 16.2. The Labute approximate surface area is 200 Å². The van der Waals surface area contributed by atoms with Gasteiger partial charge in [0.1, 0.15) is 6.54 Å². The van der Waals surface area contributed by atoms with Crippen molar-refractivity contribution >= 4 is 38.8 Å². The standard InChI is InChI=1S/C23H18ClF3N4O2S/c24-14-8-13-2-1-5-29-20(13)17(9-14)16-3-6-28-18-10-15(34-21(16)18)11-31-19(32)4-7-30(22(31)33)12-23(25,26)27/h3-4,6-10,29H,1-2,5,11-12H2. The van der Waals surface area contributed by atoms with E-state index in [9.17, 15) is 22.8 Å². The number of rotatable bonds is 4. The molecule has 4 heterocycles. The van der Waals surface area contributed by atoms with Gasteiger partial charge in [0.2, 0.25) is 0 Å². The second-order valence-electron chi connectivity index (χ2n) is 8.07. The van der Waals surface area contributed by atoms with E-state index < -0.39 is 24.0 Å². The lowest BCUT2D eigenvalue weighted by molar-refractivity contribution is -0.141. The molecule has 0 atom stereocenters. The van der Waals surface area contributed by atoms with Crippen LogP contribution in [-0.2, 0) is 19.5 Å². The third kappa shape index (κ3) is 4.35. The van der Waals surface area contributed by atoms with Crippen molar-refractivity contribution in [1.29, 1.82) is 0 Å². The highest BCUT2D eigenvalue weighted by Gasteiger charge is 2.29. The Balaban J connectivity index is 1.58. The highest BCUT2D eigenvalue weighted by molar-refractivity contribution is 7.19. The lowest BCUT2D eigenvalue weighted by Gasteiger charge is -2.22. The van der Waals surface area contributed by atoms with Gasteiger partial charge in [-0.05, 0) is 42.7 Å². The van der Waals surface area contributed by atoms with E-state index >= 15 is 0 Å². The fraction of sp³-hybridized carbons (Fsp3) is 0.261. The number of hydrogen-bond acceptors (Lipinski definition) is 5. The average molecular weight is 507 g/mol. The van der Waals surface area contributed by atoms with Crippen LogP contribution in [0.2, 0.25) is 5.02 Å². The first kappa shape index (κ1) is 22.7. The molecule has 0 spiro atoms. The van der Waals surface area contributed by atoms with Crippen LogP contribution in [0.25, 0.3) is 21.3 Å². The van der Waals surface area contributed by atoms with Crippen molar-refractivity contribution in [3.05, 3.63) is 79.0 Å². The molecule has 0 bridgehead atoms. The monoisotopic (exact) mass is 506 g/mol. The molecular formula is C23H18ClF3N4O2S. The van der Waals surface area contributed by atoms with Crippen LogP contribution >= 0.6 is 22.9 Å². The van der Waals surface area contributed by atoms with E-state index in [1.165, 1.54) is 11.3 Å². The van der Waals surface area contributed by atoms with Gasteiger partial charge in [0.25, 0.3) is 5.56 Å². The van der Waals surface area contributed by atoms with Crippen LogP contribution in [0.3, 0.4) is 0 Å². The third-order valence-corrected chi connectivity index (χ3v) is 7.03. The molecule has 1 aromatic carbocycles. The summed E-state index contributed by atoms with van der Waals surface area (Å²) in [6.45, 7) is -0.757. The van der Waals surface area contributed by atoms with E-state index in [4.69, 9.17) is 11.6 Å². The molecule has 1 N–H and O–H groups in total. The zero-order chi connectivity index (χ0) is 24.0. The second-order valence-corrected chi connectivity index (χ2v) is 9.64. The highest BCUT2D eigenvalue weighted by atomic mass is 35.5. The summed E-state index contributed by atoms with van der Waals surface area (Å²) in [6, 6.07) is 8.45.